The Balaban J connectivity index is 2.66. The zero-order valence-corrected chi connectivity index (χ0v) is 4.46. The lowest BCUT2D eigenvalue weighted by molar-refractivity contribution is 1.31. The summed E-state index contributed by atoms with van der Waals surface area (Å²) in [6.07, 6.45) is 1.49. The van der Waals surface area contributed by atoms with E-state index in [1.165, 1.54) is 18.1 Å². The van der Waals surface area contributed by atoms with Gasteiger partial charge in [-0.05, 0) is 7.05 Å². The molecule has 0 aromatic carbocycles. The first-order valence-corrected chi connectivity index (χ1v) is 2.49. The maximum Gasteiger partial charge on any atom is 0.00190 e. The van der Waals surface area contributed by atoms with Crippen LogP contribution in [0.4, 0.5) is 0 Å². The fraction of sp³-hybridized carbons (Fsp3) is 0.333. The van der Waals surface area contributed by atoms with Crippen LogP contribution in [0.3, 0.4) is 0 Å². The molecule has 0 radical (unpaired) electrons. The van der Waals surface area contributed by atoms with Crippen LogP contribution in [0.25, 0.3) is 0 Å². The smallest absolute Gasteiger partial charge is 0.00190 e. The second-order valence-corrected chi connectivity index (χ2v) is 1.57. The maximum atomic E-state index is 4.97. The largest absolute Gasteiger partial charge is 0.404 e. The highest BCUT2D eigenvalue weighted by atomic mass is 32.2. The molecule has 0 saturated carbocycles. The Morgan fingerprint density at radius 2 is 2.50 bits per heavy atom. The van der Waals surface area contributed by atoms with Gasteiger partial charge in [-0.15, -0.1) is 0 Å². The zero-order chi connectivity index (χ0) is 4.83. The molecule has 0 aromatic rings. The third-order valence-electron chi connectivity index (χ3n) is 0.264. The van der Waals surface area contributed by atoms with Crippen LogP contribution in [0.1, 0.15) is 0 Å². The highest BCUT2D eigenvalue weighted by Gasteiger charge is 1.61. The van der Waals surface area contributed by atoms with Crippen molar-refractivity contribution in [1.29, 1.82) is 0 Å². The Kier molecular flexibility index (Phi) is 4.73. The summed E-state index contributed by atoms with van der Waals surface area (Å²) in [6, 6.07) is 0. The van der Waals surface area contributed by atoms with E-state index in [1.54, 1.807) is 5.41 Å². The summed E-state index contributed by atoms with van der Waals surface area (Å²) < 4.78 is 2.82. The fourth-order valence-corrected chi connectivity index (χ4v) is 0.322. The lowest BCUT2D eigenvalue weighted by Gasteiger charge is -1.80. The molecule has 0 bridgehead atoms. The van der Waals surface area contributed by atoms with Gasteiger partial charge in [-0.2, -0.15) is 0 Å². The molecule has 0 heterocycles. The predicted molar refractivity (Wildman–Crippen MR) is 30.0 cm³/mol. The van der Waals surface area contributed by atoms with E-state index in [2.05, 4.69) is 4.72 Å². The molecule has 3 heteroatoms. The van der Waals surface area contributed by atoms with Gasteiger partial charge in [0.05, 0.1) is 0 Å². The third-order valence-corrected chi connectivity index (χ3v) is 0.793. The number of rotatable bonds is 2. The molecule has 6 heavy (non-hydrogen) atoms. The molecule has 0 aromatic heterocycles. The molecule has 3 N–H and O–H groups in total. The van der Waals surface area contributed by atoms with Crippen LogP contribution in [0.2, 0.25) is 0 Å². The van der Waals surface area contributed by atoms with Crippen LogP contribution in [0, 0.1) is 0 Å². The molecule has 0 aliphatic rings. The molecular weight excluding hydrogens is 96.1 g/mol. The van der Waals surface area contributed by atoms with Gasteiger partial charge in [-0.25, -0.2) is 0 Å². The average molecular weight is 104 g/mol. The summed E-state index contributed by atoms with van der Waals surface area (Å²) in [5.41, 5.74) is 4.97. The van der Waals surface area contributed by atoms with Gasteiger partial charge in [0, 0.05) is 11.6 Å². The van der Waals surface area contributed by atoms with Crippen LogP contribution in [-0.4, -0.2) is 7.05 Å². The lowest BCUT2D eigenvalue weighted by Crippen LogP contribution is -1.86. The van der Waals surface area contributed by atoms with Crippen molar-refractivity contribution < 1.29 is 0 Å². The van der Waals surface area contributed by atoms with E-state index in [0.717, 1.165) is 0 Å². The van der Waals surface area contributed by atoms with E-state index in [-0.39, 0.29) is 0 Å². The first kappa shape index (κ1) is 5.85. The Bertz CT molecular complexity index is 44.1. The van der Waals surface area contributed by atoms with Crippen molar-refractivity contribution in [3.63, 3.8) is 0 Å². The number of hydrogen-bond donors (Lipinski definition) is 2. The second-order valence-electron chi connectivity index (χ2n) is 0.651. The summed E-state index contributed by atoms with van der Waals surface area (Å²) in [5, 5.41) is 1.76. The van der Waals surface area contributed by atoms with E-state index in [1.807, 2.05) is 7.05 Å². The molecule has 2 nitrogen and oxygen atoms in total. The molecule has 0 fully saturated rings. The zero-order valence-electron chi connectivity index (χ0n) is 3.64. The van der Waals surface area contributed by atoms with Crippen molar-refractivity contribution in [1.82, 2.24) is 4.72 Å². The summed E-state index contributed by atoms with van der Waals surface area (Å²) in [5.74, 6) is 0. The lowest BCUT2D eigenvalue weighted by atomic mass is 11.1. The predicted octanol–water partition coefficient (Wildman–Crippen LogP) is 0.284. The molecule has 0 spiro atoms. The molecule has 0 aliphatic heterocycles. The standard InChI is InChI=1S/C3H8N2S/c1-5-6-3-2-4/h2-3,5H,4H2,1H3/b3-2-. The number of nitrogens with two attached hydrogens (primary N) is 1. The van der Waals surface area contributed by atoms with Gasteiger partial charge in [-0.3, -0.25) is 4.72 Å². The minimum Gasteiger partial charge on any atom is -0.404 e. The van der Waals surface area contributed by atoms with Crippen LogP contribution < -0.4 is 10.5 Å². The number of nitrogens with one attached hydrogen (secondary N) is 1. The van der Waals surface area contributed by atoms with Gasteiger partial charge in [-0.1, -0.05) is 11.9 Å². The van der Waals surface area contributed by atoms with E-state index in [9.17, 15) is 0 Å². The van der Waals surface area contributed by atoms with Gasteiger partial charge >= 0.3 is 0 Å². The van der Waals surface area contributed by atoms with Crippen molar-refractivity contribution in [2.24, 2.45) is 5.73 Å². The van der Waals surface area contributed by atoms with Crippen molar-refractivity contribution in [2.75, 3.05) is 7.05 Å². The topological polar surface area (TPSA) is 38.0 Å². The molecule has 0 unspecified atom stereocenters. The first-order chi connectivity index (χ1) is 2.91. The van der Waals surface area contributed by atoms with E-state index in [0.29, 0.717) is 0 Å². The van der Waals surface area contributed by atoms with Crippen molar-refractivity contribution in [2.45, 2.75) is 0 Å². The molecule has 0 amide bonds. The fourth-order valence-electron chi connectivity index (χ4n) is 0.107. The van der Waals surface area contributed by atoms with Crippen LogP contribution >= 0.6 is 11.9 Å². The van der Waals surface area contributed by atoms with E-state index >= 15 is 0 Å². The summed E-state index contributed by atoms with van der Waals surface area (Å²) in [4.78, 5) is 0. The first-order valence-electron chi connectivity index (χ1n) is 1.61. The average Bonchev–Trinajstić information content (AvgIpc) is 1.61. The van der Waals surface area contributed by atoms with Crippen molar-refractivity contribution in [3.8, 4) is 0 Å². The monoisotopic (exact) mass is 104 g/mol. The van der Waals surface area contributed by atoms with Gasteiger partial charge in [0.15, 0.2) is 0 Å². The molecule has 0 aliphatic carbocycles. The Hall–Kier alpha value is -0.150. The SMILES string of the molecule is CNS/C=C\N. The van der Waals surface area contributed by atoms with Gasteiger partial charge in [0.25, 0.3) is 0 Å². The Morgan fingerprint density at radius 1 is 1.83 bits per heavy atom. The maximum absolute atomic E-state index is 4.97. The van der Waals surface area contributed by atoms with Crippen LogP contribution in [-0.2, 0) is 0 Å². The second kappa shape index (κ2) is 4.85. The summed E-state index contributed by atoms with van der Waals surface area (Å²) in [6.45, 7) is 0. The normalized spacial score (nSPS) is 10.2. The Labute approximate surface area is 41.9 Å². The minimum atomic E-state index is 1.45. The highest BCUT2D eigenvalue weighted by Crippen LogP contribution is 1.87. The molecule has 0 saturated heterocycles. The molecular formula is C3H8N2S. The van der Waals surface area contributed by atoms with Crippen LogP contribution in [0.15, 0.2) is 11.6 Å². The molecule has 36 valence electrons. The number of hydrogen-bond acceptors (Lipinski definition) is 3. The Morgan fingerprint density at radius 3 is 2.67 bits per heavy atom. The van der Waals surface area contributed by atoms with Crippen molar-refractivity contribution in [3.05, 3.63) is 11.6 Å². The van der Waals surface area contributed by atoms with Crippen molar-refractivity contribution >= 4 is 11.9 Å². The van der Waals surface area contributed by atoms with Gasteiger partial charge in [0.1, 0.15) is 0 Å². The van der Waals surface area contributed by atoms with E-state index < -0.39 is 0 Å². The molecule has 0 atom stereocenters. The molecule has 0 rings (SSSR count). The van der Waals surface area contributed by atoms with Crippen LogP contribution in [0.5, 0.6) is 0 Å². The highest BCUT2D eigenvalue weighted by molar-refractivity contribution is 8.00. The third kappa shape index (κ3) is 3.85. The quantitative estimate of drug-likeness (QED) is 0.494. The summed E-state index contributed by atoms with van der Waals surface area (Å²) in [7, 11) is 1.84. The van der Waals surface area contributed by atoms with Gasteiger partial charge < -0.3 is 5.73 Å². The van der Waals surface area contributed by atoms with E-state index in [4.69, 9.17) is 5.73 Å². The minimum absolute atomic E-state index is 1.45. The van der Waals surface area contributed by atoms with Gasteiger partial charge in [0.2, 0.25) is 0 Å². The summed E-state index contributed by atoms with van der Waals surface area (Å²) >= 11 is 1.45.